The zero-order chi connectivity index (χ0) is 14.4. The van der Waals surface area contributed by atoms with E-state index in [1.54, 1.807) is 7.11 Å². The molecule has 0 unspecified atom stereocenters. The van der Waals surface area contributed by atoms with Gasteiger partial charge in [-0.2, -0.15) is 0 Å². The van der Waals surface area contributed by atoms with E-state index in [-0.39, 0.29) is 12.0 Å². The number of para-hydroxylation sites is 1. The highest BCUT2D eigenvalue weighted by molar-refractivity contribution is 5.76. The molecule has 2 rings (SSSR count). The smallest absolute Gasteiger partial charge is 0.224 e. The van der Waals surface area contributed by atoms with Crippen LogP contribution in [0.15, 0.2) is 24.3 Å². The van der Waals surface area contributed by atoms with E-state index in [9.17, 15) is 4.79 Å². The van der Waals surface area contributed by atoms with Crippen molar-refractivity contribution in [2.24, 2.45) is 0 Å². The Morgan fingerprint density at radius 3 is 2.65 bits per heavy atom. The Kier molecular flexibility index (Phi) is 5.41. The molecular weight excluding hydrogens is 254 g/mol. The molecule has 0 N–H and O–H groups in total. The Morgan fingerprint density at radius 1 is 1.30 bits per heavy atom. The van der Waals surface area contributed by atoms with E-state index in [2.05, 4.69) is 13.0 Å². The fourth-order valence-corrected chi connectivity index (χ4v) is 2.44. The number of piperidine rings is 1. The first-order chi connectivity index (χ1) is 9.70. The molecule has 0 aromatic heterocycles. The molecule has 0 saturated carbocycles. The molecule has 4 heteroatoms. The number of methoxy groups -OCH3 is 1. The van der Waals surface area contributed by atoms with E-state index in [0.717, 1.165) is 37.2 Å². The lowest BCUT2D eigenvalue weighted by Crippen LogP contribution is -2.42. The van der Waals surface area contributed by atoms with E-state index in [4.69, 9.17) is 9.47 Å². The molecule has 1 aromatic rings. The highest BCUT2D eigenvalue weighted by Gasteiger charge is 2.23. The summed E-state index contributed by atoms with van der Waals surface area (Å²) in [4.78, 5) is 13.8. The summed E-state index contributed by atoms with van der Waals surface area (Å²) in [7, 11) is 1.62. The summed E-state index contributed by atoms with van der Waals surface area (Å²) in [5.41, 5.74) is 1.16. The van der Waals surface area contributed by atoms with Crippen molar-refractivity contribution >= 4 is 5.91 Å². The van der Waals surface area contributed by atoms with Gasteiger partial charge in [0.2, 0.25) is 5.91 Å². The number of benzene rings is 1. The second kappa shape index (κ2) is 7.29. The fourth-order valence-electron chi connectivity index (χ4n) is 2.44. The average Bonchev–Trinajstić information content (AvgIpc) is 2.48. The fraction of sp³-hybridized carbons (Fsp3) is 0.562. The molecule has 1 aliphatic heterocycles. The Morgan fingerprint density at radius 2 is 2.00 bits per heavy atom. The van der Waals surface area contributed by atoms with Crippen LogP contribution in [0.2, 0.25) is 0 Å². The van der Waals surface area contributed by atoms with E-state index in [0.29, 0.717) is 13.0 Å². The lowest BCUT2D eigenvalue weighted by molar-refractivity contribution is -0.133. The molecule has 0 spiro atoms. The minimum Gasteiger partial charge on any atom is -0.490 e. The van der Waals surface area contributed by atoms with Crippen LogP contribution in [-0.2, 0) is 9.53 Å². The largest absolute Gasteiger partial charge is 0.490 e. The molecule has 0 bridgehead atoms. The van der Waals surface area contributed by atoms with Crippen molar-refractivity contribution in [3.8, 4) is 5.75 Å². The number of carbonyl (C=O) groups excluding carboxylic acids is 1. The maximum absolute atomic E-state index is 11.9. The van der Waals surface area contributed by atoms with Gasteiger partial charge in [0.05, 0.1) is 13.0 Å². The lowest BCUT2D eigenvalue weighted by atomic mass is 10.1. The van der Waals surface area contributed by atoms with Gasteiger partial charge in [-0.05, 0) is 18.6 Å². The minimum absolute atomic E-state index is 0.182. The van der Waals surface area contributed by atoms with Crippen LogP contribution in [-0.4, -0.2) is 43.7 Å². The Hall–Kier alpha value is -1.55. The molecule has 0 aliphatic carbocycles. The van der Waals surface area contributed by atoms with Crippen molar-refractivity contribution in [2.45, 2.75) is 32.3 Å². The molecule has 0 radical (unpaired) electrons. The van der Waals surface area contributed by atoms with Crippen molar-refractivity contribution < 1.29 is 14.3 Å². The standard InChI is InChI=1S/C16H23NO3/c1-13-5-3-4-6-15(13)20-14-7-10-17(11-8-14)16(18)9-12-19-2/h3-6,14H,7-12H2,1-2H3. The molecule has 0 atom stereocenters. The third-order valence-electron chi connectivity index (χ3n) is 3.70. The Bertz CT molecular complexity index is 439. The maximum atomic E-state index is 11.9. The monoisotopic (exact) mass is 277 g/mol. The molecule has 20 heavy (non-hydrogen) atoms. The predicted octanol–water partition coefficient (Wildman–Crippen LogP) is 2.40. The molecule has 1 aliphatic rings. The second-order valence-electron chi connectivity index (χ2n) is 5.21. The van der Waals surface area contributed by atoms with Crippen LogP contribution in [0.1, 0.15) is 24.8 Å². The van der Waals surface area contributed by atoms with E-state index in [1.165, 1.54) is 0 Å². The van der Waals surface area contributed by atoms with Crippen LogP contribution < -0.4 is 4.74 Å². The quantitative estimate of drug-likeness (QED) is 0.829. The number of likely N-dealkylation sites (tertiary alicyclic amines) is 1. The number of hydrogen-bond acceptors (Lipinski definition) is 3. The Labute approximate surface area is 120 Å². The maximum Gasteiger partial charge on any atom is 0.224 e. The van der Waals surface area contributed by atoms with Gasteiger partial charge in [-0.25, -0.2) is 0 Å². The number of ether oxygens (including phenoxy) is 2. The number of carbonyl (C=O) groups is 1. The van der Waals surface area contributed by atoms with Crippen LogP contribution in [0, 0.1) is 6.92 Å². The second-order valence-corrected chi connectivity index (χ2v) is 5.21. The van der Waals surface area contributed by atoms with Crippen LogP contribution in [0.3, 0.4) is 0 Å². The number of rotatable bonds is 5. The number of hydrogen-bond donors (Lipinski definition) is 0. The van der Waals surface area contributed by atoms with Crippen molar-refractivity contribution in [2.75, 3.05) is 26.8 Å². The Balaban J connectivity index is 1.80. The first-order valence-electron chi connectivity index (χ1n) is 7.19. The summed E-state index contributed by atoms with van der Waals surface area (Å²) < 4.78 is 11.0. The van der Waals surface area contributed by atoms with E-state index < -0.39 is 0 Å². The summed E-state index contributed by atoms with van der Waals surface area (Å²) in [6, 6.07) is 8.06. The summed E-state index contributed by atoms with van der Waals surface area (Å²) in [5.74, 6) is 1.14. The van der Waals surface area contributed by atoms with Crippen molar-refractivity contribution in [3.05, 3.63) is 29.8 Å². The van der Waals surface area contributed by atoms with Crippen molar-refractivity contribution in [1.29, 1.82) is 0 Å². The molecule has 4 nitrogen and oxygen atoms in total. The molecule has 1 fully saturated rings. The third-order valence-corrected chi connectivity index (χ3v) is 3.70. The van der Waals surface area contributed by atoms with Gasteiger partial charge < -0.3 is 14.4 Å². The SMILES string of the molecule is COCCC(=O)N1CCC(Oc2ccccc2C)CC1. The van der Waals surface area contributed by atoms with Gasteiger partial charge in [-0.15, -0.1) is 0 Å². The van der Waals surface area contributed by atoms with Crippen molar-refractivity contribution in [1.82, 2.24) is 4.90 Å². The van der Waals surface area contributed by atoms with E-state index >= 15 is 0 Å². The van der Waals surface area contributed by atoms with Gasteiger partial charge in [-0.3, -0.25) is 4.79 Å². The first-order valence-corrected chi connectivity index (χ1v) is 7.19. The van der Waals surface area contributed by atoms with Gasteiger partial charge in [0.25, 0.3) is 0 Å². The van der Waals surface area contributed by atoms with Gasteiger partial charge in [-0.1, -0.05) is 18.2 Å². The lowest BCUT2D eigenvalue weighted by Gasteiger charge is -2.32. The van der Waals surface area contributed by atoms with Crippen LogP contribution in [0.5, 0.6) is 5.75 Å². The zero-order valence-electron chi connectivity index (χ0n) is 12.3. The van der Waals surface area contributed by atoms with Crippen LogP contribution in [0.4, 0.5) is 0 Å². The molecule has 1 saturated heterocycles. The number of amides is 1. The van der Waals surface area contributed by atoms with Crippen LogP contribution >= 0.6 is 0 Å². The number of aryl methyl sites for hydroxylation is 1. The summed E-state index contributed by atoms with van der Waals surface area (Å²) >= 11 is 0. The first kappa shape index (κ1) is 14.9. The van der Waals surface area contributed by atoms with Gasteiger partial charge in [0, 0.05) is 33.0 Å². The zero-order valence-corrected chi connectivity index (χ0v) is 12.3. The summed E-state index contributed by atoms with van der Waals surface area (Å²) in [6.07, 6.45) is 2.47. The average molecular weight is 277 g/mol. The minimum atomic E-state index is 0.182. The molecule has 1 heterocycles. The topological polar surface area (TPSA) is 38.8 Å². The number of nitrogens with zero attached hydrogens (tertiary/aromatic N) is 1. The highest BCUT2D eigenvalue weighted by Crippen LogP contribution is 2.22. The van der Waals surface area contributed by atoms with Crippen LogP contribution in [0.25, 0.3) is 0 Å². The van der Waals surface area contributed by atoms with Crippen molar-refractivity contribution in [3.63, 3.8) is 0 Å². The third kappa shape index (κ3) is 3.97. The highest BCUT2D eigenvalue weighted by atomic mass is 16.5. The molecule has 1 amide bonds. The molecule has 1 aromatic carbocycles. The van der Waals surface area contributed by atoms with Gasteiger partial charge in [0.1, 0.15) is 11.9 Å². The van der Waals surface area contributed by atoms with Gasteiger partial charge in [0.15, 0.2) is 0 Å². The van der Waals surface area contributed by atoms with E-state index in [1.807, 2.05) is 23.1 Å². The van der Waals surface area contributed by atoms with Gasteiger partial charge >= 0.3 is 0 Å². The summed E-state index contributed by atoms with van der Waals surface area (Å²) in [6.45, 7) is 4.11. The molecule has 110 valence electrons. The summed E-state index contributed by atoms with van der Waals surface area (Å²) in [5, 5.41) is 0. The molecular formula is C16H23NO3. The normalized spacial score (nSPS) is 16.2. The predicted molar refractivity (Wildman–Crippen MR) is 77.9 cm³/mol.